The van der Waals surface area contributed by atoms with Crippen LogP contribution in [-0.2, 0) is 0 Å². The number of hydrogen-bond donors (Lipinski definition) is 3. The first-order chi connectivity index (χ1) is 12.9. The lowest BCUT2D eigenvalue weighted by Crippen LogP contribution is -2.33. The number of halogens is 4. The maximum atomic E-state index is 12.3. The molecule has 0 aliphatic carbocycles. The summed E-state index contributed by atoms with van der Waals surface area (Å²) in [5.41, 5.74) is 6.70. The minimum Gasteiger partial charge on any atom is -0.359 e. The van der Waals surface area contributed by atoms with Gasteiger partial charge in [0.15, 0.2) is 5.76 Å². The number of carbonyl (C=O) groups is 1. The van der Waals surface area contributed by atoms with Crippen LogP contribution in [0.15, 0.2) is 40.9 Å². The fourth-order valence-corrected chi connectivity index (χ4v) is 3.19. The van der Waals surface area contributed by atoms with Crippen molar-refractivity contribution in [1.29, 1.82) is 0 Å². The van der Waals surface area contributed by atoms with Crippen molar-refractivity contribution in [2.24, 2.45) is 0 Å². The Hall–Kier alpha value is -2.12. The molecule has 1 heterocycles. The van der Waals surface area contributed by atoms with Crippen molar-refractivity contribution < 1.29 is 9.32 Å². The number of benzene rings is 2. The van der Waals surface area contributed by atoms with Gasteiger partial charge in [-0.05, 0) is 37.3 Å². The van der Waals surface area contributed by atoms with Crippen molar-refractivity contribution in [1.82, 2.24) is 10.6 Å². The molecular formula is C17H12Cl4N4O2. The Morgan fingerprint density at radius 1 is 1.04 bits per heavy atom. The highest BCUT2D eigenvalue weighted by molar-refractivity contribution is 6.39. The molecule has 0 atom stereocenters. The predicted octanol–water partition coefficient (Wildman–Crippen LogP) is 6.41. The van der Waals surface area contributed by atoms with Gasteiger partial charge < -0.3 is 9.84 Å². The van der Waals surface area contributed by atoms with E-state index in [4.69, 9.17) is 50.9 Å². The van der Waals surface area contributed by atoms with Crippen LogP contribution in [-0.4, -0.2) is 11.2 Å². The molecule has 3 N–H and O–H groups in total. The zero-order chi connectivity index (χ0) is 19.6. The third-order valence-corrected chi connectivity index (χ3v) is 4.73. The number of hydrazine groups is 1. The molecule has 2 aromatic carbocycles. The van der Waals surface area contributed by atoms with Crippen LogP contribution in [0.5, 0.6) is 0 Å². The Kier molecular flexibility index (Phi) is 6.01. The van der Waals surface area contributed by atoms with Gasteiger partial charge in [0.25, 0.3) is 0 Å². The van der Waals surface area contributed by atoms with Crippen molar-refractivity contribution in [2.75, 3.05) is 10.7 Å². The van der Waals surface area contributed by atoms with Gasteiger partial charge in [-0.25, -0.2) is 4.79 Å². The molecule has 0 fully saturated rings. The molecule has 0 aliphatic rings. The Labute approximate surface area is 174 Å². The number of rotatable bonds is 4. The average molecular weight is 446 g/mol. The van der Waals surface area contributed by atoms with E-state index in [0.29, 0.717) is 48.5 Å². The second-order valence-electron chi connectivity index (χ2n) is 5.39. The van der Waals surface area contributed by atoms with Crippen molar-refractivity contribution in [2.45, 2.75) is 6.92 Å². The van der Waals surface area contributed by atoms with Crippen LogP contribution in [0.2, 0.25) is 20.1 Å². The monoisotopic (exact) mass is 444 g/mol. The molecule has 10 heteroatoms. The van der Waals surface area contributed by atoms with E-state index in [2.05, 4.69) is 21.3 Å². The van der Waals surface area contributed by atoms with Gasteiger partial charge in [-0.3, -0.25) is 10.9 Å². The van der Waals surface area contributed by atoms with Crippen LogP contribution in [0.3, 0.4) is 0 Å². The number of anilines is 2. The van der Waals surface area contributed by atoms with Gasteiger partial charge in [0.1, 0.15) is 11.4 Å². The number of carbonyl (C=O) groups excluding carboxylic acids is 1. The van der Waals surface area contributed by atoms with E-state index in [0.717, 1.165) is 0 Å². The second kappa shape index (κ2) is 8.27. The lowest BCUT2D eigenvalue weighted by atomic mass is 10.1. The van der Waals surface area contributed by atoms with Crippen LogP contribution in [0.4, 0.5) is 16.2 Å². The van der Waals surface area contributed by atoms with Crippen molar-refractivity contribution in [3.8, 4) is 11.3 Å². The third kappa shape index (κ3) is 4.42. The zero-order valence-electron chi connectivity index (χ0n) is 13.7. The predicted molar refractivity (Wildman–Crippen MR) is 109 cm³/mol. The lowest BCUT2D eigenvalue weighted by molar-refractivity contribution is 0.254. The van der Waals surface area contributed by atoms with Crippen molar-refractivity contribution in [3.63, 3.8) is 0 Å². The topological polar surface area (TPSA) is 79.2 Å². The maximum absolute atomic E-state index is 12.3. The molecule has 2 amide bonds. The molecule has 0 saturated carbocycles. The Morgan fingerprint density at radius 3 is 2.44 bits per heavy atom. The molecule has 0 bridgehead atoms. The third-order valence-electron chi connectivity index (χ3n) is 3.54. The standard InChI is InChI=1S/C17H12Cl4N4O2/c1-8-15(16(25-27-8)14-11(20)3-2-4-12(14)21)22-17(26)24-23-13-7-9(18)5-6-10(13)19/h2-7,23H,1H3,(H2,22,24,26). The van der Waals surface area contributed by atoms with Crippen LogP contribution >= 0.6 is 46.4 Å². The maximum Gasteiger partial charge on any atom is 0.338 e. The van der Waals surface area contributed by atoms with E-state index in [9.17, 15) is 4.79 Å². The highest BCUT2D eigenvalue weighted by Crippen LogP contribution is 2.39. The molecule has 27 heavy (non-hydrogen) atoms. The summed E-state index contributed by atoms with van der Waals surface area (Å²) in [6, 6.07) is 9.27. The van der Waals surface area contributed by atoms with Crippen LogP contribution in [0.25, 0.3) is 11.3 Å². The second-order valence-corrected chi connectivity index (χ2v) is 7.05. The number of hydrogen-bond acceptors (Lipinski definition) is 4. The first-order valence-corrected chi connectivity index (χ1v) is 9.06. The van der Waals surface area contributed by atoms with Crippen LogP contribution in [0, 0.1) is 6.92 Å². The number of amides is 2. The summed E-state index contributed by atoms with van der Waals surface area (Å²) < 4.78 is 5.19. The minimum atomic E-state index is -0.582. The Bertz CT molecular complexity index is 986. The molecule has 1 aromatic heterocycles. The SMILES string of the molecule is Cc1onc(-c2c(Cl)cccc2Cl)c1NC(=O)NNc1cc(Cl)ccc1Cl. The number of nitrogens with one attached hydrogen (secondary N) is 3. The van der Waals surface area contributed by atoms with Crippen LogP contribution < -0.4 is 16.2 Å². The van der Waals surface area contributed by atoms with E-state index in [1.54, 1.807) is 43.3 Å². The van der Waals surface area contributed by atoms with Crippen molar-refractivity contribution >= 4 is 63.8 Å². The summed E-state index contributed by atoms with van der Waals surface area (Å²) in [7, 11) is 0. The fraction of sp³-hybridized carbons (Fsp3) is 0.0588. The lowest BCUT2D eigenvalue weighted by Gasteiger charge is -2.12. The summed E-state index contributed by atoms with van der Waals surface area (Å²) in [5, 5.41) is 8.23. The molecule has 0 spiro atoms. The van der Waals surface area contributed by atoms with E-state index in [-0.39, 0.29) is 0 Å². The van der Waals surface area contributed by atoms with E-state index in [1.807, 2.05) is 0 Å². The van der Waals surface area contributed by atoms with Crippen LogP contribution in [0.1, 0.15) is 5.76 Å². The number of aryl methyl sites for hydroxylation is 1. The quantitative estimate of drug-likeness (QED) is 0.405. The smallest absolute Gasteiger partial charge is 0.338 e. The highest BCUT2D eigenvalue weighted by atomic mass is 35.5. The average Bonchev–Trinajstić information content (AvgIpc) is 2.96. The molecule has 140 valence electrons. The minimum absolute atomic E-state index is 0.319. The first-order valence-electron chi connectivity index (χ1n) is 7.55. The summed E-state index contributed by atoms with van der Waals surface area (Å²) in [5.74, 6) is 0.386. The number of nitrogens with zero attached hydrogens (tertiary/aromatic N) is 1. The van der Waals surface area contributed by atoms with Gasteiger partial charge in [-0.1, -0.05) is 57.6 Å². The molecule has 0 radical (unpaired) electrons. The van der Waals surface area contributed by atoms with E-state index >= 15 is 0 Å². The zero-order valence-corrected chi connectivity index (χ0v) is 16.8. The number of aromatic nitrogens is 1. The Balaban J connectivity index is 1.79. The summed E-state index contributed by atoms with van der Waals surface area (Å²) in [6.45, 7) is 1.65. The van der Waals surface area contributed by atoms with E-state index in [1.165, 1.54) is 0 Å². The van der Waals surface area contributed by atoms with Crippen molar-refractivity contribution in [3.05, 3.63) is 62.2 Å². The normalized spacial score (nSPS) is 10.6. The fourth-order valence-electron chi connectivity index (χ4n) is 2.28. The summed E-state index contributed by atoms with van der Waals surface area (Å²) >= 11 is 24.4. The Morgan fingerprint density at radius 2 is 1.74 bits per heavy atom. The van der Waals surface area contributed by atoms with E-state index < -0.39 is 6.03 Å². The highest BCUT2D eigenvalue weighted by Gasteiger charge is 2.21. The molecule has 0 saturated heterocycles. The van der Waals surface area contributed by atoms with Gasteiger partial charge in [0, 0.05) is 10.6 Å². The summed E-state index contributed by atoms with van der Waals surface area (Å²) in [4.78, 5) is 12.3. The van der Waals surface area contributed by atoms with Gasteiger partial charge in [-0.15, -0.1) is 0 Å². The summed E-state index contributed by atoms with van der Waals surface area (Å²) in [6.07, 6.45) is 0. The van der Waals surface area contributed by atoms with Gasteiger partial charge in [-0.2, -0.15) is 0 Å². The van der Waals surface area contributed by atoms with Gasteiger partial charge >= 0.3 is 6.03 Å². The first kappa shape index (κ1) is 19.6. The number of urea groups is 1. The molecule has 0 aliphatic heterocycles. The molecule has 0 unspecified atom stereocenters. The van der Waals surface area contributed by atoms with Gasteiger partial charge in [0.05, 0.1) is 20.8 Å². The van der Waals surface area contributed by atoms with Gasteiger partial charge in [0.2, 0.25) is 0 Å². The molecular weight excluding hydrogens is 434 g/mol. The molecule has 6 nitrogen and oxygen atoms in total. The largest absolute Gasteiger partial charge is 0.359 e. The molecule has 3 aromatic rings. The molecule has 3 rings (SSSR count).